The lowest BCUT2D eigenvalue weighted by Gasteiger charge is -2.12. The Morgan fingerprint density at radius 1 is 1.56 bits per heavy atom. The van der Waals surface area contributed by atoms with Crippen LogP contribution in [0.2, 0.25) is 5.02 Å². The highest BCUT2D eigenvalue weighted by atomic mass is 35.5. The number of aromatic nitrogens is 2. The highest BCUT2D eigenvalue weighted by Gasteiger charge is 2.16. The summed E-state index contributed by atoms with van der Waals surface area (Å²) >= 11 is 5.96. The summed E-state index contributed by atoms with van der Waals surface area (Å²) in [6, 6.07) is 0.359. The van der Waals surface area contributed by atoms with Crippen LogP contribution in [0.1, 0.15) is 6.42 Å². The van der Waals surface area contributed by atoms with Gasteiger partial charge in [-0.25, -0.2) is 4.98 Å². The SMILES string of the molecule is COCCOc1nc(N[C@@H]2CCNC2)ncc1Cl. The molecule has 2 rings (SSSR count). The van der Waals surface area contributed by atoms with Gasteiger partial charge in [-0.2, -0.15) is 4.98 Å². The van der Waals surface area contributed by atoms with Crippen molar-refractivity contribution in [2.24, 2.45) is 0 Å². The van der Waals surface area contributed by atoms with Gasteiger partial charge in [-0.15, -0.1) is 0 Å². The first kappa shape index (κ1) is 13.3. The molecule has 0 aliphatic carbocycles. The largest absolute Gasteiger partial charge is 0.474 e. The topological polar surface area (TPSA) is 68.3 Å². The fourth-order valence-electron chi connectivity index (χ4n) is 1.70. The minimum atomic E-state index is 0.359. The molecule has 7 heteroatoms. The van der Waals surface area contributed by atoms with Crippen LogP contribution in [0.5, 0.6) is 5.88 Å². The molecule has 1 atom stereocenters. The molecule has 2 N–H and O–H groups in total. The molecule has 1 aliphatic heterocycles. The Morgan fingerprint density at radius 2 is 2.44 bits per heavy atom. The third-order valence-corrected chi connectivity index (χ3v) is 2.89. The van der Waals surface area contributed by atoms with Gasteiger partial charge in [0.05, 0.1) is 12.8 Å². The maximum Gasteiger partial charge on any atom is 0.237 e. The Labute approximate surface area is 111 Å². The second-order valence-corrected chi connectivity index (χ2v) is 4.43. The normalized spacial score (nSPS) is 18.9. The molecule has 0 radical (unpaired) electrons. The molecular formula is C11H17ClN4O2. The van der Waals surface area contributed by atoms with E-state index in [1.54, 1.807) is 13.3 Å². The minimum Gasteiger partial charge on any atom is -0.474 e. The van der Waals surface area contributed by atoms with Crippen LogP contribution in [0.15, 0.2) is 6.20 Å². The van der Waals surface area contributed by atoms with Crippen LogP contribution in [0.3, 0.4) is 0 Å². The van der Waals surface area contributed by atoms with E-state index < -0.39 is 0 Å². The monoisotopic (exact) mass is 272 g/mol. The maximum atomic E-state index is 5.96. The van der Waals surface area contributed by atoms with Crippen LogP contribution < -0.4 is 15.4 Å². The van der Waals surface area contributed by atoms with E-state index in [0.29, 0.717) is 36.1 Å². The summed E-state index contributed by atoms with van der Waals surface area (Å²) < 4.78 is 10.3. The first-order valence-electron chi connectivity index (χ1n) is 5.91. The predicted molar refractivity (Wildman–Crippen MR) is 69.3 cm³/mol. The molecular weight excluding hydrogens is 256 g/mol. The highest BCUT2D eigenvalue weighted by Crippen LogP contribution is 2.22. The maximum absolute atomic E-state index is 5.96. The number of methoxy groups -OCH3 is 1. The molecule has 100 valence electrons. The second kappa shape index (κ2) is 6.72. The van der Waals surface area contributed by atoms with E-state index in [-0.39, 0.29) is 0 Å². The van der Waals surface area contributed by atoms with Gasteiger partial charge in [-0.1, -0.05) is 11.6 Å². The Kier molecular flexibility index (Phi) is 4.98. The van der Waals surface area contributed by atoms with Crippen LogP contribution in [0.25, 0.3) is 0 Å². The summed E-state index contributed by atoms with van der Waals surface area (Å²) in [5, 5.41) is 6.92. The lowest BCUT2D eigenvalue weighted by atomic mass is 10.3. The third kappa shape index (κ3) is 3.69. The van der Waals surface area contributed by atoms with Gasteiger partial charge in [0, 0.05) is 19.7 Å². The zero-order chi connectivity index (χ0) is 12.8. The van der Waals surface area contributed by atoms with Gasteiger partial charge in [0.2, 0.25) is 11.8 Å². The number of hydrogen-bond donors (Lipinski definition) is 2. The van der Waals surface area contributed by atoms with Crippen molar-refractivity contribution < 1.29 is 9.47 Å². The fraction of sp³-hybridized carbons (Fsp3) is 0.636. The van der Waals surface area contributed by atoms with Crippen molar-refractivity contribution in [1.29, 1.82) is 0 Å². The number of halogens is 1. The van der Waals surface area contributed by atoms with E-state index in [0.717, 1.165) is 19.5 Å². The van der Waals surface area contributed by atoms with Crippen LogP contribution in [-0.2, 0) is 4.74 Å². The van der Waals surface area contributed by atoms with Gasteiger partial charge in [0.15, 0.2) is 0 Å². The fourth-order valence-corrected chi connectivity index (χ4v) is 1.85. The van der Waals surface area contributed by atoms with Crippen LogP contribution in [0, 0.1) is 0 Å². The molecule has 0 bridgehead atoms. The molecule has 2 heterocycles. The van der Waals surface area contributed by atoms with Crippen molar-refractivity contribution >= 4 is 17.5 Å². The zero-order valence-corrected chi connectivity index (χ0v) is 11.0. The van der Waals surface area contributed by atoms with Crippen molar-refractivity contribution in [1.82, 2.24) is 15.3 Å². The Hall–Kier alpha value is -1.11. The molecule has 1 fully saturated rings. The quantitative estimate of drug-likeness (QED) is 0.751. The standard InChI is InChI=1S/C11H17ClN4O2/c1-17-4-5-18-10-9(12)7-14-11(16-10)15-8-2-3-13-6-8/h7-8,13H,2-6H2,1H3,(H,14,15,16)/t8-/m1/s1. The number of rotatable bonds is 6. The van der Waals surface area contributed by atoms with E-state index in [1.807, 2.05) is 0 Å². The van der Waals surface area contributed by atoms with Gasteiger partial charge in [-0.3, -0.25) is 0 Å². The van der Waals surface area contributed by atoms with Crippen molar-refractivity contribution in [3.63, 3.8) is 0 Å². The Bertz CT molecular complexity index is 385. The van der Waals surface area contributed by atoms with Gasteiger partial charge in [-0.05, 0) is 13.0 Å². The number of anilines is 1. The molecule has 0 amide bonds. The number of ether oxygens (including phenoxy) is 2. The summed E-state index contributed by atoms with van der Waals surface area (Å²) in [7, 11) is 1.62. The molecule has 6 nitrogen and oxygen atoms in total. The molecule has 1 aromatic rings. The summed E-state index contributed by atoms with van der Waals surface area (Å²) in [5.74, 6) is 0.928. The lowest BCUT2D eigenvalue weighted by Crippen LogP contribution is -2.23. The second-order valence-electron chi connectivity index (χ2n) is 4.02. The smallest absolute Gasteiger partial charge is 0.237 e. The Morgan fingerprint density at radius 3 is 3.17 bits per heavy atom. The van der Waals surface area contributed by atoms with Crippen molar-refractivity contribution in [2.75, 3.05) is 38.7 Å². The van der Waals surface area contributed by atoms with Gasteiger partial charge in [0.1, 0.15) is 11.6 Å². The summed E-state index contributed by atoms with van der Waals surface area (Å²) in [5.41, 5.74) is 0. The van der Waals surface area contributed by atoms with Crippen LogP contribution in [-0.4, -0.2) is 49.4 Å². The molecule has 0 spiro atoms. The van der Waals surface area contributed by atoms with Crippen LogP contribution >= 0.6 is 11.6 Å². The van der Waals surface area contributed by atoms with Crippen LogP contribution in [0.4, 0.5) is 5.95 Å². The van der Waals surface area contributed by atoms with E-state index in [4.69, 9.17) is 21.1 Å². The summed E-state index contributed by atoms with van der Waals surface area (Å²) in [6.45, 7) is 2.85. The first-order chi connectivity index (χ1) is 8.79. The summed E-state index contributed by atoms with van der Waals surface area (Å²) in [4.78, 5) is 8.39. The van der Waals surface area contributed by atoms with Gasteiger partial charge < -0.3 is 20.1 Å². The van der Waals surface area contributed by atoms with Gasteiger partial charge in [0.25, 0.3) is 0 Å². The molecule has 0 unspecified atom stereocenters. The molecule has 1 aliphatic rings. The zero-order valence-electron chi connectivity index (χ0n) is 10.3. The summed E-state index contributed by atoms with van der Waals surface area (Å²) in [6.07, 6.45) is 2.60. The Balaban J connectivity index is 1.96. The van der Waals surface area contributed by atoms with E-state index in [9.17, 15) is 0 Å². The molecule has 0 aromatic carbocycles. The number of hydrogen-bond acceptors (Lipinski definition) is 6. The van der Waals surface area contributed by atoms with Crippen molar-refractivity contribution in [3.05, 3.63) is 11.2 Å². The first-order valence-corrected chi connectivity index (χ1v) is 6.29. The van der Waals surface area contributed by atoms with Crippen molar-refractivity contribution in [2.45, 2.75) is 12.5 Å². The molecule has 0 saturated carbocycles. The van der Waals surface area contributed by atoms with E-state index in [2.05, 4.69) is 20.6 Å². The molecule has 1 aromatic heterocycles. The average molecular weight is 273 g/mol. The molecule has 1 saturated heterocycles. The number of nitrogens with zero attached hydrogens (tertiary/aromatic N) is 2. The van der Waals surface area contributed by atoms with Gasteiger partial charge >= 0.3 is 0 Å². The van der Waals surface area contributed by atoms with E-state index >= 15 is 0 Å². The predicted octanol–water partition coefficient (Wildman–Crippen LogP) is 0.929. The minimum absolute atomic E-state index is 0.359. The average Bonchev–Trinajstić information content (AvgIpc) is 2.86. The highest BCUT2D eigenvalue weighted by molar-refractivity contribution is 6.31. The van der Waals surface area contributed by atoms with Crippen molar-refractivity contribution in [3.8, 4) is 5.88 Å². The molecule has 18 heavy (non-hydrogen) atoms. The number of nitrogens with one attached hydrogen (secondary N) is 2. The van der Waals surface area contributed by atoms with E-state index in [1.165, 1.54) is 0 Å². The third-order valence-electron chi connectivity index (χ3n) is 2.63. The lowest BCUT2D eigenvalue weighted by molar-refractivity contribution is 0.144.